The monoisotopic (exact) mass is 245 g/mol. The van der Waals surface area contributed by atoms with Gasteiger partial charge in [-0.1, -0.05) is 15.9 Å². The van der Waals surface area contributed by atoms with Crippen molar-refractivity contribution in [1.29, 1.82) is 0 Å². The van der Waals surface area contributed by atoms with Gasteiger partial charge in [0, 0.05) is 17.9 Å². The Labute approximate surface area is 90.0 Å². The van der Waals surface area contributed by atoms with Crippen molar-refractivity contribution in [2.75, 3.05) is 18.4 Å². The zero-order valence-corrected chi connectivity index (χ0v) is 10.3. The van der Waals surface area contributed by atoms with E-state index in [0.717, 1.165) is 17.4 Å². The topological polar surface area (TPSA) is 3.24 Å². The minimum absolute atomic E-state index is 0.739. The predicted octanol–water partition coefficient (Wildman–Crippen LogP) is 2.89. The molecular weight excluding hydrogens is 226 g/mol. The molecule has 0 bridgehead atoms. The fourth-order valence-corrected chi connectivity index (χ4v) is 3.48. The smallest absolute Gasteiger partial charge is 0.00601 e. The fourth-order valence-electron chi connectivity index (χ4n) is 3.02. The van der Waals surface area contributed by atoms with Crippen LogP contribution in [0.4, 0.5) is 0 Å². The molecule has 2 fully saturated rings. The van der Waals surface area contributed by atoms with E-state index in [4.69, 9.17) is 0 Å². The quantitative estimate of drug-likeness (QED) is 0.677. The maximum Gasteiger partial charge on any atom is 0.00601 e. The van der Waals surface area contributed by atoms with Gasteiger partial charge >= 0.3 is 0 Å². The van der Waals surface area contributed by atoms with Gasteiger partial charge in [0.2, 0.25) is 0 Å². The molecule has 13 heavy (non-hydrogen) atoms. The third-order valence-electron chi connectivity index (χ3n) is 3.86. The molecule has 1 saturated heterocycles. The summed E-state index contributed by atoms with van der Waals surface area (Å²) in [7, 11) is 0. The van der Waals surface area contributed by atoms with Gasteiger partial charge in [-0.25, -0.2) is 0 Å². The summed E-state index contributed by atoms with van der Waals surface area (Å²) in [6.45, 7) is 7.35. The highest BCUT2D eigenvalue weighted by atomic mass is 79.9. The van der Waals surface area contributed by atoms with E-state index in [0.29, 0.717) is 0 Å². The first kappa shape index (κ1) is 9.97. The second-order valence-corrected chi connectivity index (χ2v) is 5.89. The first-order valence-corrected chi connectivity index (χ1v) is 6.57. The molecule has 0 aromatic heterocycles. The van der Waals surface area contributed by atoms with Gasteiger partial charge < -0.3 is 4.90 Å². The van der Waals surface area contributed by atoms with E-state index in [1.807, 2.05) is 0 Å². The Morgan fingerprint density at radius 3 is 2.62 bits per heavy atom. The Kier molecular flexibility index (Phi) is 2.72. The van der Waals surface area contributed by atoms with Gasteiger partial charge in [0.25, 0.3) is 0 Å². The summed E-state index contributed by atoms with van der Waals surface area (Å²) in [5.74, 6) is 0.979. The molecule has 1 aliphatic carbocycles. The summed E-state index contributed by atoms with van der Waals surface area (Å²) in [5, 5.41) is 1.22. The highest BCUT2D eigenvalue weighted by Crippen LogP contribution is 2.52. The minimum atomic E-state index is 0.739. The molecule has 0 aromatic carbocycles. The molecule has 2 aliphatic rings. The molecule has 1 aliphatic heterocycles. The van der Waals surface area contributed by atoms with E-state index in [9.17, 15) is 0 Å². The average molecular weight is 246 g/mol. The molecule has 76 valence electrons. The molecule has 1 nitrogen and oxygen atoms in total. The zero-order valence-electron chi connectivity index (χ0n) is 8.72. The van der Waals surface area contributed by atoms with E-state index >= 15 is 0 Å². The summed E-state index contributed by atoms with van der Waals surface area (Å²) in [5.41, 5.74) is 0.739. The maximum atomic E-state index is 3.59. The molecule has 1 heterocycles. The van der Waals surface area contributed by atoms with Gasteiger partial charge in [-0.2, -0.15) is 0 Å². The van der Waals surface area contributed by atoms with Crippen molar-refractivity contribution < 1.29 is 0 Å². The predicted molar refractivity (Wildman–Crippen MR) is 60.3 cm³/mol. The molecule has 0 unspecified atom stereocenters. The van der Waals surface area contributed by atoms with Crippen molar-refractivity contribution in [2.45, 2.75) is 39.2 Å². The molecular formula is C11H20BrN. The number of hydrogen-bond donors (Lipinski definition) is 0. The lowest BCUT2D eigenvalue weighted by Crippen LogP contribution is -2.41. The normalized spacial score (nSPS) is 40.2. The van der Waals surface area contributed by atoms with Gasteiger partial charge in [0.15, 0.2) is 0 Å². The maximum absolute atomic E-state index is 3.59. The van der Waals surface area contributed by atoms with Crippen LogP contribution in [0, 0.1) is 11.3 Å². The van der Waals surface area contributed by atoms with E-state index in [2.05, 4.69) is 34.7 Å². The first-order chi connectivity index (χ1) is 6.15. The van der Waals surface area contributed by atoms with Crippen LogP contribution in [0.5, 0.6) is 0 Å². The number of likely N-dealkylation sites (tertiary alicyclic amines) is 1. The molecule has 0 amide bonds. The Bertz CT molecular complexity index is 185. The van der Waals surface area contributed by atoms with Crippen LogP contribution >= 0.6 is 15.9 Å². The van der Waals surface area contributed by atoms with E-state index in [1.54, 1.807) is 0 Å². The van der Waals surface area contributed by atoms with Crippen molar-refractivity contribution in [3.8, 4) is 0 Å². The van der Waals surface area contributed by atoms with Gasteiger partial charge in [0.1, 0.15) is 0 Å². The van der Waals surface area contributed by atoms with E-state index in [-0.39, 0.29) is 0 Å². The minimum Gasteiger partial charge on any atom is -0.300 e. The number of nitrogens with zero attached hydrogens (tertiary/aromatic N) is 1. The van der Waals surface area contributed by atoms with Crippen LogP contribution in [0.1, 0.15) is 33.1 Å². The van der Waals surface area contributed by atoms with Crippen LogP contribution in [0.25, 0.3) is 0 Å². The van der Waals surface area contributed by atoms with Crippen molar-refractivity contribution in [3.63, 3.8) is 0 Å². The summed E-state index contributed by atoms with van der Waals surface area (Å²) in [6, 6.07) is 0.752. The third kappa shape index (κ3) is 1.80. The average Bonchev–Trinajstić information content (AvgIpc) is 2.45. The first-order valence-electron chi connectivity index (χ1n) is 5.45. The molecule has 2 heteroatoms. The number of hydrogen-bond acceptors (Lipinski definition) is 1. The highest BCUT2D eigenvalue weighted by Gasteiger charge is 2.47. The van der Waals surface area contributed by atoms with Gasteiger partial charge in [-0.05, 0) is 51.0 Å². The lowest BCUT2D eigenvalue weighted by atomic mass is 9.62. The van der Waals surface area contributed by atoms with Crippen LogP contribution < -0.4 is 0 Å². The summed E-state index contributed by atoms with van der Waals surface area (Å²) in [6.07, 6.45) is 4.40. The standard InChI is InChI=1S/C11H20BrN/c1-9(2)13-4-3-11(8-13)5-10(6-11)7-12/h9-10H,3-8H2,1-2H3. The van der Waals surface area contributed by atoms with Crippen molar-refractivity contribution in [1.82, 2.24) is 4.90 Å². The third-order valence-corrected chi connectivity index (χ3v) is 4.78. The lowest BCUT2D eigenvalue weighted by molar-refractivity contribution is 0.0736. The van der Waals surface area contributed by atoms with E-state index in [1.165, 1.54) is 37.7 Å². The largest absolute Gasteiger partial charge is 0.300 e. The Morgan fingerprint density at radius 2 is 2.15 bits per heavy atom. The molecule has 0 N–H and O–H groups in total. The summed E-state index contributed by atoms with van der Waals surface area (Å²) >= 11 is 3.59. The van der Waals surface area contributed by atoms with E-state index < -0.39 is 0 Å². The van der Waals surface area contributed by atoms with Crippen molar-refractivity contribution in [2.24, 2.45) is 11.3 Å². The van der Waals surface area contributed by atoms with Crippen LogP contribution in [-0.4, -0.2) is 29.4 Å². The summed E-state index contributed by atoms with van der Waals surface area (Å²) < 4.78 is 0. The highest BCUT2D eigenvalue weighted by molar-refractivity contribution is 9.09. The SMILES string of the molecule is CC(C)N1CCC2(CC(CBr)C2)C1. The molecule has 0 aromatic rings. The zero-order chi connectivity index (χ0) is 9.47. The molecule has 0 radical (unpaired) electrons. The van der Waals surface area contributed by atoms with Crippen LogP contribution in [0.15, 0.2) is 0 Å². The Morgan fingerprint density at radius 1 is 1.46 bits per heavy atom. The van der Waals surface area contributed by atoms with Crippen molar-refractivity contribution in [3.05, 3.63) is 0 Å². The van der Waals surface area contributed by atoms with Gasteiger partial charge in [-0.15, -0.1) is 0 Å². The fraction of sp³-hybridized carbons (Fsp3) is 1.00. The summed E-state index contributed by atoms with van der Waals surface area (Å²) in [4.78, 5) is 2.64. The molecule has 1 saturated carbocycles. The molecule has 2 rings (SSSR count). The second kappa shape index (κ2) is 3.54. The molecule has 1 spiro atoms. The lowest BCUT2D eigenvalue weighted by Gasteiger charge is -2.45. The van der Waals surface area contributed by atoms with Gasteiger partial charge in [-0.3, -0.25) is 0 Å². The number of alkyl halides is 1. The number of rotatable bonds is 2. The van der Waals surface area contributed by atoms with Crippen LogP contribution in [-0.2, 0) is 0 Å². The van der Waals surface area contributed by atoms with Crippen molar-refractivity contribution >= 4 is 15.9 Å². The van der Waals surface area contributed by atoms with Gasteiger partial charge in [0.05, 0.1) is 0 Å². The van der Waals surface area contributed by atoms with Crippen LogP contribution in [0.3, 0.4) is 0 Å². The van der Waals surface area contributed by atoms with Crippen LogP contribution in [0.2, 0.25) is 0 Å². The second-order valence-electron chi connectivity index (χ2n) is 5.24. The Hall–Kier alpha value is 0.440. The Balaban J connectivity index is 1.86. The number of halogens is 1. The molecule has 0 atom stereocenters.